The zero-order valence-corrected chi connectivity index (χ0v) is 12.2. The molecule has 2 aromatic heterocycles. The standard InChI is InChI=1S/C10H15N7O3S/c1-3-17-5-8(12-6-17)21(19,20)15-10-7(9(11)14-18)4-13-16(10)2/h4-6,15,18H,3H2,1-2H3,(H2,11,14). The predicted octanol–water partition coefficient (Wildman–Crippen LogP) is -0.468. The van der Waals surface area contributed by atoms with Crippen LogP contribution in [0.4, 0.5) is 5.82 Å². The maximum atomic E-state index is 12.3. The maximum Gasteiger partial charge on any atom is 0.282 e. The van der Waals surface area contributed by atoms with Crippen LogP contribution in [0.15, 0.2) is 28.9 Å². The molecule has 21 heavy (non-hydrogen) atoms. The number of amidine groups is 1. The van der Waals surface area contributed by atoms with Crippen molar-refractivity contribution < 1.29 is 13.6 Å². The van der Waals surface area contributed by atoms with Crippen molar-refractivity contribution in [2.75, 3.05) is 4.72 Å². The van der Waals surface area contributed by atoms with E-state index < -0.39 is 10.0 Å². The van der Waals surface area contributed by atoms with Gasteiger partial charge in [0.05, 0.1) is 18.1 Å². The van der Waals surface area contributed by atoms with Gasteiger partial charge in [-0.1, -0.05) is 5.16 Å². The highest BCUT2D eigenvalue weighted by Crippen LogP contribution is 2.18. The highest BCUT2D eigenvalue weighted by atomic mass is 32.2. The van der Waals surface area contributed by atoms with Crippen LogP contribution >= 0.6 is 0 Å². The molecule has 0 aromatic carbocycles. The summed E-state index contributed by atoms with van der Waals surface area (Å²) < 4.78 is 29.8. The van der Waals surface area contributed by atoms with Crippen molar-refractivity contribution in [1.82, 2.24) is 19.3 Å². The molecule has 0 amide bonds. The lowest BCUT2D eigenvalue weighted by Gasteiger charge is -2.08. The van der Waals surface area contributed by atoms with E-state index in [0.29, 0.717) is 6.54 Å². The number of hydrogen-bond acceptors (Lipinski definition) is 6. The molecule has 0 saturated carbocycles. The van der Waals surface area contributed by atoms with E-state index in [1.165, 1.54) is 30.5 Å². The number of imidazole rings is 1. The summed E-state index contributed by atoms with van der Waals surface area (Å²) in [6.07, 6.45) is 4.11. The van der Waals surface area contributed by atoms with Gasteiger partial charge in [0.2, 0.25) is 0 Å². The van der Waals surface area contributed by atoms with Gasteiger partial charge in [0.1, 0.15) is 5.82 Å². The molecule has 0 atom stereocenters. The number of hydrogen-bond donors (Lipinski definition) is 3. The summed E-state index contributed by atoms with van der Waals surface area (Å²) in [5.74, 6) is -0.170. The van der Waals surface area contributed by atoms with E-state index in [1.807, 2.05) is 6.92 Å². The third-order valence-electron chi connectivity index (χ3n) is 2.80. The van der Waals surface area contributed by atoms with Crippen LogP contribution in [0, 0.1) is 0 Å². The molecule has 2 aromatic rings. The van der Waals surface area contributed by atoms with Crippen molar-refractivity contribution >= 4 is 21.7 Å². The van der Waals surface area contributed by atoms with Gasteiger partial charge in [-0.2, -0.15) is 13.5 Å². The molecule has 4 N–H and O–H groups in total. The van der Waals surface area contributed by atoms with Crippen LogP contribution in [0.1, 0.15) is 12.5 Å². The van der Waals surface area contributed by atoms with Gasteiger partial charge in [-0.05, 0) is 6.92 Å². The largest absolute Gasteiger partial charge is 0.409 e. The number of nitrogens with zero attached hydrogens (tertiary/aromatic N) is 5. The topological polar surface area (TPSA) is 140 Å². The molecule has 0 radical (unpaired) electrons. The Bertz CT molecular complexity index is 774. The number of anilines is 1. The summed E-state index contributed by atoms with van der Waals surface area (Å²) in [4.78, 5) is 3.84. The van der Waals surface area contributed by atoms with Crippen molar-refractivity contribution in [3.05, 3.63) is 24.3 Å². The van der Waals surface area contributed by atoms with E-state index >= 15 is 0 Å². The van der Waals surface area contributed by atoms with Crippen LogP contribution in [-0.2, 0) is 23.6 Å². The second kappa shape index (κ2) is 5.44. The van der Waals surface area contributed by atoms with Gasteiger partial charge in [-0.25, -0.2) is 4.98 Å². The van der Waals surface area contributed by atoms with E-state index in [1.54, 1.807) is 4.57 Å². The molecule has 0 aliphatic heterocycles. The van der Waals surface area contributed by atoms with E-state index in [-0.39, 0.29) is 22.2 Å². The SMILES string of the molecule is CCn1cnc(S(=O)(=O)Nc2c(C(N)=NO)cnn2C)c1. The average Bonchev–Trinajstić information content (AvgIpc) is 3.06. The van der Waals surface area contributed by atoms with E-state index in [9.17, 15) is 8.42 Å². The number of aromatic nitrogens is 4. The summed E-state index contributed by atoms with van der Waals surface area (Å²) in [7, 11) is -2.37. The summed E-state index contributed by atoms with van der Waals surface area (Å²) in [5.41, 5.74) is 5.65. The molecule has 0 spiro atoms. The lowest BCUT2D eigenvalue weighted by atomic mass is 10.3. The number of nitrogens with one attached hydrogen (secondary N) is 1. The Balaban J connectivity index is 2.39. The summed E-state index contributed by atoms with van der Waals surface area (Å²) >= 11 is 0. The number of aryl methyl sites for hydroxylation is 2. The minimum Gasteiger partial charge on any atom is -0.409 e. The molecule has 2 rings (SSSR count). The number of nitrogens with two attached hydrogens (primary N) is 1. The zero-order valence-electron chi connectivity index (χ0n) is 11.4. The zero-order chi connectivity index (χ0) is 15.6. The highest BCUT2D eigenvalue weighted by molar-refractivity contribution is 7.92. The maximum absolute atomic E-state index is 12.3. The van der Waals surface area contributed by atoms with Crippen LogP contribution in [0.5, 0.6) is 0 Å². The molecule has 0 fully saturated rings. The van der Waals surface area contributed by atoms with Crippen LogP contribution in [-0.4, -0.2) is 38.8 Å². The number of sulfonamides is 1. The Morgan fingerprint density at radius 3 is 2.86 bits per heavy atom. The smallest absolute Gasteiger partial charge is 0.282 e. The summed E-state index contributed by atoms with van der Waals surface area (Å²) in [5, 5.41) is 15.3. The van der Waals surface area contributed by atoms with Crippen molar-refractivity contribution in [3.8, 4) is 0 Å². The third kappa shape index (κ3) is 2.81. The molecule has 11 heteroatoms. The van der Waals surface area contributed by atoms with E-state index in [0.717, 1.165) is 0 Å². The Morgan fingerprint density at radius 1 is 1.57 bits per heavy atom. The molecule has 0 saturated heterocycles. The van der Waals surface area contributed by atoms with Gasteiger partial charge in [0, 0.05) is 19.8 Å². The Morgan fingerprint density at radius 2 is 2.29 bits per heavy atom. The van der Waals surface area contributed by atoms with Crippen molar-refractivity contribution in [1.29, 1.82) is 0 Å². The molecular weight excluding hydrogens is 298 g/mol. The first-order valence-corrected chi connectivity index (χ1v) is 7.41. The van der Waals surface area contributed by atoms with Crippen molar-refractivity contribution in [2.24, 2.45) is 17.9 Å². The van der Waals surface area contributed by atoms with Gasteiger partial charge in [-0.15, -0.1) is 0 Å². The van der Waals surface area contributed by atoms with Gasteiger partial charge >= 0.3 is 0 Å². The molecule has 0 unspecified atom stereocenters. The van der Waals surface area contributed by atoms with Crippen molar-refractivity contribution in [3.63, 3.8) is 0 Å². The molecule has 2 heterocycles. The fourth-order valence-electron chi connectivity index (χ4n) is 1.63. The van der Waals surface area contributed by atoms with E-state index in [2.05, 4.69) is 20.0 Å². The van der Waals surface area contributed by atoms with Gasteiger partial charge < -0.3 is 15.5 Å². The van der Waals surface area contributed by atoms with Crippen molar-refractivity contribution in [2.45, 2.75) is 18.5 Å². The Kier molecular flexibility index (Phi) is 3.84. The molecule has 10 nitrogen and oxygen atoms in total. The molecule has 114 valence electrons. The van der Waals surface area contributed by atoms with Gasteiger partial charge in [0.25, 0.3) is 10.0 Å². The molecule has 0 aliphatic carbocycles. The fourth-order valence-corrected chi connectivity index (χ4v) is 2.69. The summed E-state index contributed by atoms with van der Waals surface area (Å²) in [6, 6.07) is 0. The average molecular weight is 313 g/mol. The van der Waals surface area contributed by atoms with Crippen LogP contribution in [0.25, 0.3) is 0 Å². The number of oxime groups is 1. The van der Waals surface area contributed by atoms with E-state index in [4.69, 9.17) is 10.9 Å². The van der Waals surface area contributed by atoms with Gasteiger partial charge in [-0.3, -0.25) is 9.40 Å². The summed E-state index contributed by atoms with van der Waals surface area (Å²) in [6.45, 7) is 2.47. The number of rotatable bonds is 5. The lowest BCUT2D eigenvalue weighted by Crippen LogP contribution is -2.20. The third-order valence-corrected chi connectivity index (χ3v) is 4.03. The first kappa shape index (κ1) is 14.8. The predicted molar refractivity (Wildman–Crippen MR) is 74.4 cm³/mol. The minimum atomic E-state index is -3.89. The van der Waals surface area contributed by atoms with Gasteiger partial charge in [0.15, 0.2) is 10.9 Å². The second-order valence-corrected chi connectivity index (χ2v) is 5.79. The minimum absolute atomic E-state index is 0.0800. The Hall–Kier alpha value is -2.56. The quantitative estimate of drug-likeness (QED) is 0.295. The second-order valence-electron chi connectivity index (χ2n) is 4.16. The first-order valence-electron chi connectivity index (χ1n) is 5.93. The van der Waals surface area contributed by atoms with Crippen LogP contribution < -0.4 is 10.5 Å². The highest BCUT2D eigenvalue weighted by Gasteiger charge is 2.22. The molecule has 0 aliphatic rings. The monoisotopic (exact) mass is 313 g/mol. The lowest BCUT2D eigenvalue weighted by molar-refractivity contribution is 0.318. The van der Waals surface area contributed by atoms with Crippen LogP contribution in [0.2, 0.25) is 0 Å². The fraction of sp³-hybridized carbons (Fsp3) is 0.300. The normalized spacial score (nSPS) is 12.6. The molecule has 0 bridgehead atoms. The molecular formula is C10H15N7O3S. The Labute approximate surface area is 120 Å². The first-order chi connectivity index (χ1) is 9.89. The van der Waals surface area contributed by atoms with Crippen LogP contribution in [0.3, 0.4) is 0 Å².